The summed E-state index contributed by atoms with van der Waals surface area (Å²) in [5.41, 5.74) is 3.43. The van der Waals surface area contributed by atoms with Gasteiger partial charge >= 0.3 is 0 Å². The lowest BCUT2D eigenvalue weighted by molar-refractivity contribution is -0.0407. The second kappa shape index (κ2) is 9.26. The van der Waals surface area contributed by atoms with Crippen molar-refractivity contribution in [1.82, 2.24) is 25.1 Å². The number of aromatic amines is 1. The molecule has 1 unspecified atom stereocenters. The topological polar surface area (TPSA) is 93.2 Å². The number of morpholine rings is 1. The van der Waals surface area contributed by atoms with Gasteiger partial charge in [0.2, 0.25) is 5.88 Å². The molecule has 1 fully saturated rings. The molecular formula is C23H27N5O3. The summed E-state index contributed by atoms with van der Waals surface area (Å²) in [6.45, 7) is 7.86. The maximum atomic E-state index is 13.0. The largest absolute Gasteiger partial charge is 0.475 e. The van der Waals surface area contributed by atoms with Crippen molar-refractivity contribution < 1.29 is 14.3 Å². The van der Waals surface area contributed by atoms with Crippen molar-refractivity contribution in [2.24, 2.45) is 0 Å². The standard InChI is InChI=1S/C23H27N5O3/c1-15(2)22-25-16(3)12-21(26-22)31-14-19-13-28(10-11-30-19)23(29)18-6-4-17(5-7-18)20-8-9-24-27-20/h4-9,12,15,19H,10-11,13-14H2,1-3H3,(H,24,27). The molecule has 0 bridgehead atoms. The van der Waals surface area contributed by atoms with E-state index in [1.807, 2.05) is 62.1 Å². The summed E-state index contributed by atoms with van der Waals surface area (Å²) >= 11 is 0. The van der Waals surface area contributed by atoms with Gasteiger partial charge in [-0.1, -0.05) is 26.0 Å². The van der Waals surface area contributed by atoms with Gasteiger partial charge < -0.3 is 14.4 Å². The molecular weight excluding hydrogens is 394 g/mol. The number of ether oxygens (including phenoxy) is 2. The Morgan fingerprint density at radius 3 is 2.77 bits per heavy atom. The Morgan fingerprint density at radius 1 is 1.26 bits per heavy atom. The van der Waals surface area contributed by atoms with E-state index in [4.69, 9.17) is 9.47 Å². The molecule has 3 aromatic rings. The van der Waals surface area contributed by atoms with Crippen LogP contribution in [0.2, 0.25) is 0 Å². The average molecular weight is 422 g/mol. The van der Waals surface area contributed by atoms with Crippen LogP contribution >= 0.6 is 0 Å². The molecule has 1 aromatic carbocycles. The van der Waals surface area contributed by atoms with Crippen molar-refractivity contribution in [1.29, 1.82) is 0 Å². The molecule has 0 radical (unpaired) electrons. The predicted molar refractivity (Wildman–Crippen MR) is 116 cm³/mol. The number of hydrogen-bond donors (Lipinski definition) is 1. The number of carbonyl (C=O) groups is 1. The molecule has 2 aromatic heterocycles. The number of benzene rings is 1. The molecule has 1 aliphatic heterocycles. The maximum absolute atomic E-state index is 13.0. The number of aryl methyl sites for hydroxylation is 1. The fraction of sp³-hybridized carbons (Fsp3) is 0.391. The predicted octanol–water partition coefficient (Wildman–Crippen LogP) is 3.22. The van der Waals surface area contributed by atoms with Crippen LogP contribution in [0, 0.1) is 6.92 Å². The van der Waals surface area contributed by atoms with Gasteiger partial charge in [0.25, 0.3) is 5.91 Å². The number of carbonyl (C=O) groups excluding carboxylic acids is 1. The Labute approximate surface area is 181 Å². The lowest BCUT2D eigenvalue weighted by atomic mass is 10.1. The second-order valence-corrected chi connectivity index (χ2v) is 7.96. The summed E-state index contributed by atoms with van der Waals surface area (Å²) in [6, 6.07) is 11.2. The molecule has 1 aliphatic rings. The van der Waals surface area contributed by atoms with Gasteiger partial charge in [-0.25, -0.2) is 4.98 Å². The Morgan fingerprint density at radius 2 is 2.06 bits per heavy atom. The van der Waals surface area contributed by atoms with Gasteiger partial charge in [0.05, 0.1) is 18.8 Å². The minimum atomic E-state index is -0.209. The monoisotopic (exact) mass is 421 g/mol. The van der Waals surface area contributed by atoms with E-state index in [1.165, 1.54) is 0 Å². The highest BCUT2D eigenvalue weighted by atomic mass is 16.5. The van der Waals surface area contributed by atoms with Crippen LogP contribution in [0.3, 0.4) is 0 Å². The van der Waals surface area contributed by atoms with E-state index in [1.54, 1.807) is 6.20 Å². The Balaban J connectivity index is 1.36. The van der Waals surface area contributed by atoms with Crippen molar-refractivity contribution in [3.63, 3.8) is 0 Å². The van der Waals surface area contributed by atoms with Crippen LogP contribution in [0.1, 0.15) is 41.6 Å². The third-order valence-corrected chi connectivity index (χ3v) is 5.15. The molecule has 0 saturated carbocycles. The number of hydrogen-bond acceptors (Lipinski definition) is 6. The number of H-pyrrole nitrogens is 1. The van der Waals surface area contributed by atoms with E-state index in [9.17, 15) is 4.79 Å². The third kappa shape index (κ3) is 5.08. The zero-order chi connectivity index (χ0) is 21.8. The van der Waals surface area contributed by atoms with E-state index in [2.05, 4.69) is 20.2 Å². The summed E-state index contributed by atoms with van der Waals surface area (Å²) in [5, 5.41) is 6.89. The first-order valence-corrected chi connectivity index (χ1v) is 10.5. The van der Waals surface area contributed by atoms with E-state index in [0.29, 0.717) is 37.7 Å². The molecule has 162 valence electrons. The highest BCUT2D eigenvalue weighted by molar-refractivity contribution is 5.94. The molecule has 1 saturated heterocycles. The zero-order valence-electron chi connectivity index (χ0n) is 18.0. The fourth-order valence-corrected chi connectivity index (χ4v) is 3.47. The lowest BCUT2D eigenvalue weighted by Gasteiger charge is -2.32. The molecule has 31 heavy (non-hydrogen) atoms. The van der Waals surface area contributed by atoms with Gasteiger partial charge in [0.1, 0.15) is 18.5 Å². The normalized spacial score (nSPS) is 16.5. The summed E-state index contributed by atoms with van der Waals surface area (Å²) in [4.78, 5) is 23.7. The number of amides is 1. The van der Waals surface area contributed by atoms with Crippen LogP contribution in [0.25, 0.3) is 11.3 Å². The lowest BCUT2D eigenvalue weighted by Crippen LogP contribution is -2.47. The molecule has 0 aliphatic carbocycles. The molecule has 1 N–H and O–H groups in total. The molecule has 8 nitrogen and oxygen atoms in total. The molecule has 4 rings (SSSR count). The molecule has 1 amide bonds. The van der Waals surface area contributed by atoms with Gasteiger partial charge in [-0.15, -0.1) is 0 Å². The van der Waals surface area contributed by atoms with E-state index < -0.39 is 0 Å². The molecule has 8 heteroatoms. The first-order chi connectivity index (χ1) is 15.0. The highest BCUT2D eigenvalue weighted by Crippen LogP contribution is 2.19. The average Bonchev–Trinajstić information content (AvgIpc) is 3.32. The van der Waals surface area contributed by atoms with Crippen LogP contribution in [-0.4, -0.2) is 63.4 Å². The van der Waals surface area contributed by atoms with Crippen molar-refractivity contribution in [3.8, 4) is 17.1 Å². The van der Waals surface area contributed by atoms with Gasteiger partial charge in [-0.05, 0) is 30.7 Å². The SMILES string of the molecule is Cc1cc(OCC2CN(C(=O)c3ccc(-c4ccn[nH]4)cc3)CCO2)nc(C(C)C)n1. The maximum Gasteiger partial charge on any atom is 0.254 e. The van der Waals surface area contributed by atoms with Crippen LogP contribution < -0.4 is 4.74 Å². The number of nitrogens with one attached hydrogen (secondary N) is 1. The van der Waals surface area contributed by atoms with Crippen LogP contribution in [0.4, 0.5) is 0 Å². The van der Waals surface area contributed by atoms with E-state index >= 15 is 0 Å². The van der Waals surface area contributed by atoms with Crippen molar-refractivity contribution in [3.05, 3.63) is 59.7 Å². The van der Waals surface area contributed by atoms with Crippen LogP contribution in [0.5, 0.6) is 5.88 Å². The van der Waals surface area contributed by atoms with Gasteiger partial charge in [-0.3, -0.25) is 9.89 Å². The molecule has 0 spiro atoms. The van der Waals surface area contributed by atoms with Gasteiger partial charge in [0, 0.05) is 36.0 Å². The van der Waals surface area contributed by atoms with Crippen molar-refractivity contribution >= 4 is 5.91 Å². The van der Waals surface area contributed by atoms with Crippen molar-refractivity contribution in [2.75, 3.05) is 26.3 Å². The Hall–Kier alpha value is -3.26. The summed E-state index contributed by atoms with van der Waals surface area (Å²) in [5.74, 6) is 1.51. The van der Waals surface area contributed by atoms with Gasteiger partial charge in [0.15, 0.2) is 0 Å². The van der Waals surface area contributed by atoms with Crippen LogP contribution in [0.15, 0.2) is 42.6 Å². The van der Waals surface area contributed by atoms with Gasteiger partial charge in [-0.2, -0.15) is 10.1 Å². The minimum absolute atomic E-state index is 0.00978. The van der Waals surface area contributed by atoms with Crippen molar-refractivity contribution in [2.45, 2.75) is 32.8 Å². The number of nitrogens with zero attached hydrogens (tertiary/aromatic N) is 4. The Kier molecular flexibility index (Phi) is 6.27. The van der Waals surface area contributed by atoms with Crippen LogP contribution in [-0.2, 0) is 4.74 Å². The Bertz CT molecular complexity index is 1020. The third-order valence-electron chi connectivity index (χ3n) is 5.15. The first-order valence-electron chi connectivity index (χ1n) is 10.5. The minimum Gasteiger partial charge on any atom is -0.475 e. The first kappa shape index (κ1) is 21.0. The molecule has 1 atom stereocenters. The summed E-state index contributed by atoms with van der Waals surface area (Å²) in [7, 11) is 0. The van der Waals surface area contributed by atoms with E-state index in [-0.39, 0.29) is 17.9 Å². The smallest absolute Gasteiger partial charge is 0.254 e. The highest BCUT2D eigenvalue weighted by Gasteiger charge is 2.26. The quantitative estimate of drug-likeness (QED) is 0.657. The fourth-order valence-electron chi connectivity index (χ4n) is 3.47. The van der Waals surface area contributed by atoms with E-state index in [0.717, 1.165) is 22.8 Å². The molecule has 3 heterocycles. The second-order valence-electron chi connectivity index (χ2n) is 7.96. The number of aromatic nitrogens is 4. The zero-order valence-corrected chi connectivity index (χ0v) is 18.0. The summed E-state index contributed by atoms with van der Waals surface area (Å²) < 4.78 is 11.7. The summed E-state index contributed by atoms with van der Waals surface area (Å²) in [6.07, 6.45) is 1.50. The number of rotatable bonds is 6.